The van der Waals surface area contributed by atoms with Gasteiger partial charge in [0.15, 0.2) is 0 Å². The minimum Gasteiger partial charge on any atom is -0.246 e. The van der Waals surface area contributed by atoms with E-state index >= 15 is 0 Å². The van der Waals surface area contributed by atoms with Gasteiger partial charge >= 0.3 is 0 Å². The molecule has 0 atom stereocenters. The molecule has 0 aromatic heterocycles. The number of hydrogen-bond acceptors (Lipinski definition) is 2. The first-order valence-electron chi connectivity index (χ1n) is 6.91. The maximum absolute atomic E-state index is 12.9. The van der Waals surface area contributed by atoms with E-state index in [4.69, 9.17) is 0 Å². The molecule has 0 N–H and O–H groups in total. The Hall–Kier alpha value is -1.21. The van der Waals surface area contributed by atoms with Crippen LogP contribution in [0.25, 0.3) is 4.91 Å². The Morgan fingerprint density at radius 3 is 2.50 bits per heavy atom. The summed E-state index contributed by atoms with van der Waals surface area (Å²) in [6.07, 6.45) is 3.35. The van der Waals surface area contributed by atoms with Gasteiger partial charge in [-0.15, -0.1) is 0 Å². The molecule has 0 fully saturated rings. The molecule has 2 nitrogen and oxygen atoms in total. The number of halogens is 2. The largest absolute Gasteiger partial charge is 0.246 e. The van der Waals surface area contributed by atoms with E-state index in [0.717, 1.165) is 21.1 Å². The molecule has 0 radical (unpaired) electrons. The lowest BCUT2D eigenvalue weighted by Gasteiger charge is -2.18. The number of sulfone groups is 1. The molecule has 3 rings (SSSR count). The Labute approximate surface area is 143 Å². The standard InChI is InChI=1S/C17H14FIO2S/c18-11-12-4-7-15(8-5-12)22(20,21)17-3-1-2-13-10-14(19)6-9-16(13)17/h3-10H,1-2,11H2. The molecule has 0 heterocycles. The molecule has 0 unspecified atom stereocenters. The van der Waals surface area contributed by atoms with Crippen LogP contribution in [0.3, 0.4) is 0 Å². The highest BCUT2D eigenvalue weighted by molar-refractivity contribution is 14.1. The first-order valence-corrected chi connectivity index (χ1v) is 9.47. The summed E-state index contributed by atoms with van der Waals surface area (Å²) in [5.74, 6) is 0. The van der Waals surface area contributed by atoms with Crippen molar-refractivity contribution < 1.29 is 12.8 Å². The van der Waals surface area contributed by atoms with E-state index in [1.54, 1.807) is 6.08 Å². The van der Waals surface area contributed by atoms with Gasteiger partial charge in [-0.05, 0) is 76.4 Å². The van der Waals surface area contributed by atoms with Crippen LogP contribution in [-0.4, -0.2) is 8.42 Å². The average Bonchev–Trinajstić information content (AvgIpc) is 2.54. The molecule has 0 saturated heterocycles. The Bertz CT molecular complexity index is 839. The zero-order chi connectivity index (χ0) is 15.7. The Balaban J connectivity index is 2.08. The number of aryl methyl sites for hydroxylation is 1. The van der Waals surface area contributed by atoms with E-state index in [9.17, 15) is 12.8 Å². The third-order valence-corrected chi connectivity index (χ3v) is 6.28. The number of hydrogen-bond donors (Lipinski definition) is 0. The number of allylic oxidation sites excluding steroid dienone is 1. The minimum absolute atomic E-state index is 0.211. The van der Waals surface area contributed by atoms with E-state index in [2.05, 4.69) is 22.6 Å². The zero-order valence-electron chi connectivity index (χ0n) is 11.7. The van der Waals surface area contributed by atoms with Gasteiger partial charge in [-0.1, -0.05) is 24.3 Å². The predicted octanol–water partition coefficient (Wildman–Crippen LogP) is 4.52. The summed E-state index contributed by atoms with van der Waals surface area (Å²) in [5.41, 5.74) is 2.32. The van der Waals surface area contributed by atoms with Crippen molar-refractivity contribution in [3.05, 3.63) is 68.8 Å². The molecule has 114 valence electrons. The zero-order valence-corrected chi connectivity index (χ0v) is 14.7. The van der Waals surface area contributed by atoms with Gasteiger partial charge in [-0.3, -0.25) is 0 Å². The maximum Gasteiger partial charge on any atom is 0.206 e. The minimum atomic E-state index is -3.58. The second kappa shape index (κ2) is 6.12. The van der Waals surface area contributed by atoms with Crippen LogP contribution in [0.2, 0.25) is 0 Å². The molecule has 0 amide bonds. The fraction of sp³-hybridized carbons (Fsp3) is 0.176. The van der Waals surface area contributed by atoms with Crippen LogP contribution in [-0.2, 0) is 22.9 Å². The molecule has 1 aliphatic carbocycles. The first-order chi connectivity index (χ1) is 10.5. The number of rotatable bonds is 3. The lowest BCUT2D eigenvalue weighted by atomic mass is 9.97. The Morgan fingerprint density at radius 1 is 1.09 bits per heavy atom. The number of benzene rings is 2. The molecule has 0 saturated carbocycles. The smallest absolute Gasteiger partial charge is 0.206 e. The Kier molecular flexibility index (Phi) is 4.36. The fourth-order valence-electron chi connectivity index (χ4n) is 2.62. The van der Waals surface area contributed by atoms with Crippen molar-refractivity contribution >= 4 is 37.3 Å². The van der Waals surface area contributed by atoms with Gasteiger partial charge in [0.05, 0.1) is 9.80 Å². The van der Waals surface area contributed by atoms with Gasteiger partial charge in [0.25, 0.3) is 0 Å². The van der Waals surface area contributed by atoms with Crippen molar-refractivity contribution in [2.24, 2.45) is 0 Å². The second-order valence-electron chi connectivity index (χ2n) is 5.19. The van der Waals surface area contributed by atoms with E-state index in [1.807, 2.05) is 18.2 Å². The molecule has 0 bridgehead atoms. The summed E-state index contributed by atoms with van der Waals surface area (Å²) in [7, 11) is -3.58. The third-order valence-electron chi connectivity index (χ3n) is 3.75. The van der Waals surface area contributed by atoms with E-state index in [-0.39, 0.29) is 4.90 Å². The quantitative estimate of drug-likeness (QED) is 0.674. The van der Waals surface area contributed by atoms with Gasteiger partial charge in [0.2, 0.25) is 9.84 Å². The third kappa shape index (κ3) is 2.84. The SMILES string of the molecule is O=S(=O)(C1=CCCc2cc(I)ccc21)c1ccc(CF)cc1. The molecule has 0 aliphatic heterocycles. The van der Waals surface area contributed by atoms with Crippen molar-refractivity contribution in [2.75, 3.05) is 0 Å². The predicted molar refractivity (Wildman–Crippen MR) is 93.9 cm³/mol. The lowest BCUT2D eigenvalue weighted by Crippen LogP contribution is -2.10. The van der Waals surface area contributed by atoms with Crippen molar-refractivity contribution in [2.45, 2.75) is 24.4 Å². The summed E-state index contributed by atoms with van der Waals surface area (Å²) >= 11 is 2.23. The molecular formula is C17H14FIO2S. The highest BCUT2D eigenvalue weighted by atomic mass is 127. The van der Waals surface area contributed by atoms with Crippen LogP contribution in [0.1, 0.15) is 23.1 Å². The van der Waals surface area contributed by atoms with Crippen molar-refractivity contribution in [3.8, 4) is 0 Å². The fourth-order valence-corrected chi connectivity index (χ4v) is 4.75. The van der Waals surface area contributed by atoms with Gasteiger partial charge < -0.3 is 0 Å². The second-order valence-corrected chi connectivity index (χ2v) is 8.35. The van der Waals surface area contributed by atoms with Gasteiger partial charge in [-0.2, -0.15) is 0 Å². The van der Waals surface area contributed by atoms with Crippen molar-refractivity contribution in [3.63, 3.8) is 0 Å². The molecule has 22 heavy (non-hydrogen) atoms. The van der Waals surface area contributed by atoms with Crippen LogP contribution in [0.15, 0.2) is 53.4 Å². The lowest BCUT2D eigenvalue weighted by molar-refractivity contribution is 0.485. The molecular weight excluding hydrogens is 414 g/mol. The van der Waals surface area contributed by atoms with Crippen LogP contribution in [0, 0.1) is 3.57 Å². The van der Waals surface area contributed by atoms with Crippen LogP contribution in [0.4, 0.5) is 4.39 Å². The highest BCUT2D eigenvalue weighted by Crippen LogP contribution is 2.35. The average molecular weight is 428 g/mol. The van der Waals surface area contributed by atoms with Crippen LogP contribution in [0.5, 0.6) is 0 Å². The first kappa shape index (κ1) is 15.7. The molecule has 1 aliphatic rings. The summed E-state index contributed by atoms with van der Waals surface area (Å²) in [6.45, 7) is -0.593. The summed E-state index contributed by atoms with van der Waals surface area (Å²) in [4.78, 5) is 0.570. The number of fused-ring (bicyclic) bond motifs is 1. The van der Waals surface area contributed by atoms with Crippen LogP contribution < -0.4 is 0 Å². The van der Waals surface area contributed by atoms with Crippen LogP contribution >= 0.6 is 22.6 Å². The molecule has 2 aromatic carbocycles. The van der Waals surface area contributed by atoms with Crippen molar-refractivity contribution in [1.29, 1.82) is 0 Å². The molecule has 5 heteroatoms. The van der Waals surface area contributed by atoms with Crippen molar-refractivity contribution in [1.82, 2.24) is 0 Å². The van der Waals surface area contributed by atoms with Gasteiger partial charge in [0.1, 0.15) is 6.67 Å². The van der Waals surface area contributed by atoms with Gasteiger partial charge in [0, 0.05) is 3.57 Å². The van der Waals surface area contributed by atoms with E-state index < -0.39 is 16.5 Å². The summed E-state index contributed by atoms with van der Waals surface area (Å²) in [6, 6.07) is 11.8. The topological polar surface area (TPSA) is 34.1 Å². The normalized spacial score (nSPS) is 14.4. The monoisotopic (exact) mass is 428 g/mol. The Morgan fingerprint density at radius 2 is 1.82 bits per heavy atom. The highest BCUT2D eigenvalue weighted by Gasteiger charge is 2.26. The van der Waals surface area contributed by atoms with E-state index in [0.29, 0.717) is 16.9 Å². The van der Waals surface area contributed by atoms with E-state index in [1.165, 1.54) is 24.3 Å². The summed E-state index contributed by atoms with van der Waals surface area (Å²) < 4.78 is 39.4. The molecule has 0 spiro atoms. The maximum atomic E-state index is 12.9. The van der Waals surface area contributed by atoms with Gasteiger partial charge in [-0.25, -0.2) is 12.8 Å². The number of alkyl halides is 1. The summed E-state index contributed by atoms with van der Waals surface area (Å²) in [5, 5.41) is 0. The molecule has 2 aromatic rings.